The molecule has 0 bridgehead atoms. The van der Waals surface area contributed by atoms with E-state index in [9.17, 15) is 48.6 Å². The average Bonchev–Trinajstić information content (AvgIpc) is 4.03. The second kappa shape index (κ2) is 23.0. The van der Waals surface area contributed by atoms with Gasteiger partial charge in [0.15, 0.2) is 0 Å². The van der Waals surface area contributed by atoms with Crippen molar-refractivity contribution in [2.24, 2.45) is 23.1 Å². The molecule has 0 spiro atoms. The molecule has 3 heterocycles. The maximum atomic E-state index is 14.4. The molecule has 3 aliphatic heterocycles. The number of hydrogen-bond acceptors (Lipinski definition) is 13. The molecule has 21 nitrogen and oxygen atoms in total. The van der Waals surface area contributed by atoms with Crippen LogP contribution in [0, 0.1) is 5.92 Å². The zero-order chi connectivity index (χ0) is 44.8. The van der Waals surface area contributed by atoms with Crippen LogP contribution in [0.5, 0.6) is 5.75 Å². The quantitative estimate of drug-likeness (QED) is 0.0414. The molecular weight excluding hydrogens is 795 g/mol. The minimum absolute atomic E-state index is 0.0496. The molecule has 3 aliphatic rings. The summed E-state index contributed by atoms with van der Waals surface area (Å²) in [6.45, 7) is 5.19. The van der Waals surface area contributed by atoms with Crippen molar-refractivity contribution in [1.82, 2.24) is 41.7 Å². The van der Waals surface area contributed by atoms with Crippen LogP contribution in [0.2, 0.25) is 0 Å². The van der Waals surface area contributed by atoms with Crippen molar-refractivity contribution in [3.05, 3.63) is 29.8 Å². The van der Waals surface area contributed by atoms with Crippen LogP contribution < -0.4 is 49.1 Å². The van der Waals surface area contributed by atoms with Gasteiger partial charge in [0.25, 0.3) is 0 Å². The molecule has 4 rings (SSSR count). The molecule has 0 aromatic heterocycles. The van der Waals surface area contributed by atoms with E-state index in [1.807, 2.05) is 0 Å². The van der Waals surface area contributed by atoms with Gasteiger partial charge >= 0.3 is 5.97 Å². The number of aliphatic carboxylic acids is 1. The zero-order valence-corrected chi connectivity index (χ0v) is 34.9. The Morgan fingerprint density at radius 1 is 0.820 bits per heavy atom. The van der Waals surface area contributed by atoms with Gasteiger partial charge in [-0.2, -0.15) is 0 Å². The fraction of sp³-hybridized carbons (Fsp3) is 0.650. The third-order valence-corrected chi connectivity index (χ3v) is 11.5. The van der Waals surface area contributed by atoms with E-state index in [2.05, 4.69) is 31.9 Å². The van der Waals surface area contributed by atoms with E-state index < -0.39 is 96.3 Å². The minimum atomic E-state index is -1.68. The first-order valence-electron chi connectivity index (χ1n) is 21.1. The number of rotatable bonds is 22. The number of carboxylic acids is 1. The molecule has 8 atom stereocenters. The summed E-state index contributed by atoms with van der Waals surface area (Å²) in [5.74, 6) is -6.47. The highest BCUT2D eigenvalue weighted by Crippen LogP contribution is 2.24. The highest BCUT2D eigenvalue weighted by Gasteiger charge is 2.43. The van der Waals surface area contributed by atoms with Crippen molar-refractivity contribution in [3.8, 4) is 5.75 Å². The van der Waals surface area contributed by atoms with Gasteiger partial charge in [-0.25, -0.2) is 4.79 Å². The maximum absolute atomic E-state index is 14.4. The van der Waals surface area contributed by atoms with Gasteiger partial charge in [-0.1, -0.05) is 32.4 Å². The molecule has 1 aromatic carbocycles. The molecule has 14 N–H and O–H groups in total. The smallest absolute Gasteiger partial charge is 0.326 e. The Morgan fingerprint density at radius 3 is 2.03 bits per heavy atom. The van der Waals surface area contributed by atoms with Crippen molar-refractivity contribution < 1.29 is 48.6 Å². The van der Waals surface area contributed by atoms with E-state index in [1.165, 1.54) is 29.2 Å². The van der Waals surface area contributed by atoms with E-state index in [4.69, 9.17) is 17.2 Å². The van der Waals surface area contributed by atoms with E-state index in [0.29, 0.717) is 57.2 Å². The fourth-order valence-electron chi connectivity index (χ4n) is 7.97. The van der Waals surface area contributed by atoms with Crippen LogP contribution in [0.3, 0.4) is 0 Å². The number of phenols is 1. The van der Waals surface area contributed by atoms with Gasteiger partial charge in [-0.05, 0) is 88.1 Å². The van der Waals surface area contributed by atoms with Crippen molar-refractivity contribution in [1.29, 1.82) is 0 Å². The largest absolute Gasteiger partial charge is 0.508 e. The number of benzene rings is 1. The zero-order valence-electron chi connectivity index (χ0n) is 34.9. The Balaban J connectivity index is 1.51. The van der Waals surface area contributed by atoms with E-state index in [-0.39, 0.29) is 43.5 Å². The molecule has 61 heavy (non-hydrogen) atoms. The number of nitrogens with two attached hydrogens (primary N) is 3. The number of carbonyl (C=O) groups excluding carboxylic acids is 7. The van der Waals surface area contributed by atoms with Crippen LogP contribution in [0.25, 0.3) is 0 Å². The number of phenolic OH excluding ortho intramolecular Hbond substituents is 1. The minimum Gasteiger partial charge on any atom is -0.508 e. The summed E-state index contributed by atoms with van der Waals surface area (Å²) in [4.78, 5) is 110. The number of carboxylic acid groups (broad SMARTS) is 1. The molecule has 3 saturated heterocycles. The molecule has 0 unspecified atom stereocenters. The van der Waals surface area contributed by atoms with Crippen molar-refractivity contribution in [3.63, 3.8) is 0 Å². The van der Waals surface area contributed by atoms with Gasteiger partial charge in [-0.15, -0.1) is 0 Å². The number of aromatic hydroxyl groups is 1. The van der Waals surface area contributed by atoms with Crippen LogP contribution in [-0.2, 0) is 44.8 Å². The van der Waals surface area contributed by atoms with Crippen molar-refractivity contribution >= 4 is 47.3 Å². The van der Waals surface area contributed by atoms with Crippen LogP contribution in [-0.4, -0.2) is 142 Å². The van der Waals surface area contributed by atoms with Crippen molar-refractivity contribution in [2.45, 2.75) is 133 Å². The highest BCUT2D eigenvalue weighted by molar-refractivity contribution is 5.98. The number of amides is 7. The molecule has 3 fully saturated rings. The molecule has 1 aromatic rings. The van der Waals surface area contributed by atoms with Gasteiger partial charge in [0.2, 0.25) is 41.4 Å². The highest BCUT2D eigenvalue weighted by atomic mass is 16.4. The van der Waals surface area contributed by atoms with Gasteiger partial charge in [0.05, 0.1) is 12.5 Å². The molecule has 0 radical (unpaired) electrons. The summed E-state index contributed by atoms with van der Waals surface area (Å²) in [5, 5.41) is 36.0. The SMILES string of the molecule is CC[C@H](C)[C@H](NC(=O)[C@@H]1CCCN1C(=O)[C@H](CCCNC(N)N)NC(=O)[C@@H]1CCCN1C(=O)[C@@H]1CCCN1)C(=O)N[C@@H](Cc1ccc(O)cc1)C(=O)N[C@@H](CC(N)=O)C(=O)O. The first-order chi connectivity index (χ1) is 29.0. The summed E-state index contributed by atoms with van der Waals surface area (Å²) < 4.78 is 0. The lowest BCUT2D eigenvalue weighted by Gasteiger charge is -2.32. The van der Waals surface area contributed by atoms with Gasteiger partial charge in [0, 0.05) is 19.5 Å². The topological polar surface area (TPSA) is 334 Å². The van der Waals surface area contributed by atoms with Gasteiger partial charge < -0.3 is 63.8 Å². The molecular formula is C40H63N11O10. The first kappa shape index (κ1) is 48.3. The third kappa shape index (κ3) is 13.8. The fourth-order valence-corrected chi connectivity index (χ4v) is 7.97. The molecule has 0 saturated carbocycles. The predicted octanol–water partition coefficient (Wildman–Crippen LogP) is -2.82. The molecule has 338 valence electrons. The summed E-state index contributed by atoms with van der Waals surface area (Å²) in [6.07, 6.45) is 2.64. The number of likely N-dealkylation sites (tertiary alicyclic amines) is 2. The summed E-state index contributed by atoms with van der Waals surface area (Å²) in [5.41, 5.74) is 17.0. The number of nitrogens with one attached hydrogen (secondary N) is 6. The number of nitrogens with zero attached hydrogens (tertiary/aromatic N) is 2. The van der Waals surface area contributed by atoms with Crippen LogP contribution >= 0.6 is 0 Å². The summed E-state index contributed by atoms with van der Waals surface area (Å²) >= 11 is 0. The Bertz CT molecular complexity index is 1720. The Morgan fingerprint density at radius 2 is 1.44 bits per heavy atom. The number of carbonyl (C=O) groups is 8. The monoisotopic (exact) mass is 857 g/mol. The standard InChI is InChI=1S/C40H63N11O10/c1-3-22(2)32(36(57)47-27(20-23-12-14-24(52)15-13-23)33(54)48-28(39(60)61)21-31(41)53)49-35(56)30-11-7-19-51(30)38(59)26(9-5-17-45-40(42)43)46-34(55)29-10-6-18-50(29)37(58)25-8-4-16-44-25/h12-15,22,25-30,32,40,44-45,52H,3-11,16-21,42-43H2,1-2H3,(H2,41,53)(H,46,55)(H,47,57)(H,48,54)(H,49,56)(H,60,61)/t22-,25-,26-,27-,28-,29-,30-,32-/m0/s1. The van der Waals surface area contributed by atoms with Crippen LogP contribution in [0.1, 0.15) is 83.6 Å². The van der Waals surface area contributed by atoms with Gasteiger partial charge in [-0.3, -0.25) is 38.9 Å². The Kier molecular flexibility index (Phi) is 18.2. The lowest BCUT2D eigenvalue weighted by atomic mass is 9.96. The summed E-state index contributed by atoms with van der Waals surface area (Å²) in [7, 11) is 0. The molecule has 7 amide bonds. The first-order valence-corrected chi connectivity index (χ1v) is 21.1. The number of hydrogen-bond donors (Lipinski definition) is 11. The molecule has 21 heteroatoms. The summed E-state index contributed by atoms with van der Waals surface area (Å²) in [6, 6.07) is -1.72. The van der Waals surface area contributed by atoms with Crippen molar-refractivity contribution in [2.75, 3.05) is 26.2 Å². The number of primary amides is 1. The van der Waals surface area contributed by atoms with E-state index >= 15 is 0 Å². The van der Waals surface area contributed by atoms with Gasteiger partial charge in [0.1, 0.15) is 48.3 Å². The normalized spacial score (nSPS) is 21.2. The maximum Gasteiger partial charge on any atom is 0.326 e. The Labute approximate surface area is 355 Å². The van der Waals surface area contributed by atoms with E-state index in [0.717, 1.165) is 13.0 Å². The average molecular weight is 858 g/mol. The third-order valence-electron chi connectivity index (χ3n) is 11.5. The van der Waals surface area contributed by atoms with E-state index in [1.54, 1.807) is 18.7 Å². The Hall–Kier alpha value is -5.38. The predicted molar refractivity (Wildman–Crippen MR) is 220 cm³/mol. The lowest BCUT2D eigenvalue weighted by molar-refractivity contribution is -0.144. The lowest BCUT2D eigenvalue weighted by Crippen LogP contribution is -2.60. The second-order valence-electron chi connectivity index (χ2n) is 16.1. The van der Waals surface area contributed by atoms with Crippen LogP contribution in [0.15, 0.2) is 24.3 Å². The molecule has 0 aliphatic carbocycles. The second-order valence-corrected chi connectivity index (χ2v) is 16.1. The van der Waals surface area contributed by atoms with Crippen LogP contribution in [0.4, 0.5) is 0 Å².